The lowest BCUT2D eigenvalue weighted by Crippen LogP contribution is -2.25. The molecule has 5 nitrogen and oxygen atoms in total. The molecule has 2 aromatic heterocycles. The fourth-order valence-corrected chi connectivity index (χ4v) is 2.78. The van der Waals surface area contributed by atoms with Crippen molar-refractivity contribution in [3.63, 3.8) is 0 Å². The highest BCUT2D eigenvalue weighted by atomic mass is 15.3. The maximum absolute atomic E-state index is 4.51. The van der Waals surface area contributed by atoms with E-state index in [1.807, 2.05) is 18.7 Å². The van der Waals surface area contributed by atoms with Crippen LogP contribution in [-0.4, -0.2) is 32.8 Å². The summed E-state index contributed by atoms with van der Waals surface area (Å²) in [5.74, 6) is 1.06. The van der Waals surface area contributed by atoms with Crippen molar-refractivity contribution in [3.05, 3.63) is 12.0 Å². The van der Waals surface area contributed by atoms with E-state index in [9.17, 15) is 0 Å². The summed E-state index contributed by atoms with van der Waals surface area (Å²) < 4.78 is 1.84. The van der Waals surface area contributed by atoms with Crippen LogP contribution in [0.15, 0.2) is 6.33 Å². The van der Waals surface area contributed by atoms with Crippen LogP contribution in [0, 0.1) is 6.92 Å². The van der Waals surface area contributed by atoms with Crippen LogP contribution in [0.4, 0.5) is 5.82 Å². The Hall–Kier alpha value is -1.65. The van der Waals surface area contributed by atoms with Crippen LogP contribution < -0.4 is 4.90 Å². The maximum Gasteiger partial charge on any atom is 0.163 e. The first-order chi connectivity index (χ1) is 8.77. The minimum atomic E-state index is 0.932. The highest BCUT2D eigenvalue weighted by Crippen LogP contribution is 2.27. The number of hydrogen-bond donors (Lipinski definition) is 0. The first kappa shape index (κ1) is 11.4. The summed E-state index contributed by atoms with van der Waals surface area (Å²) in [6, 6.07) is 0. The number of rotatable bonds is 1. The second-order valence-corrected chi connectivity index (χ2v) is 5.01. The van der Waals surface area contributed by atoms with Gasteiger partial charge in [-0.3, -0.25) is 4.68 Å². The molecule has 3 rings (SSSR count). The third kappa shape index (κ3) is 1.83. The number of nitrogens with zero attached hydrogens (tertiary/aromatic N) is 5. The second kappa shape index (κ2) is 4.55. The molecule has 1 saturated heterocycles. The molecule has 0 atom stereocenters. The lowest BCUT2D eigenvalue weighted by atomic mass is 10.2. The quantitative estimate of drug-likeness (QED) is 0.771. The molecule has 0 aliphatic carbocycles. The fourth-order valence-electron chi connectivity index (χ4n) is 2.78. The summed E-state index contributed by atoms with van der Waals surface area (Å²) in [5, 5.41) is 5.57. The number of aromatic nitrogens is 4. The van der Waals surface area contributed by atoms with E-state index in [0.29, 0.717) is 0 Å². The number of hydrogen-bond acceptors (Lipinski definition) is 4. The summed E-state index contributed by atoms with van der Waals surface area (Å²) >= 11 is 0. The molecule has 0 N–H and O–H groups in total. The maximum atomic E-state index is 4.51. The van der Waals surface area contributed by atoms with Gasteiger partial charge in [0.25, 0.3) is 0 Å². The van der Waals surface area contributed by atoms with Gasteiger partial charge in [-0.1, -0.05) is 12.8 Å². The topological polar surface area (TPSA) is 46.8 Å². The van der Waals surface area contributed by atoms with Crippen LogP contribution in [0.1, 0.15) is 31.4 Å². The summed E-state index contributed by atoms with van der Waals surface area (Å²) in [6.45, 7) is 4.23. The van der Waals surface area contributed by atoms with E-state index in [1.54, 1.807) is 6.33 Å². The van der Waals surface area contributed by atoms with Crippen LogP contribution >= 0.6 is 0 Å². The Labute approximate surface area is 107 Å². The van der Waals surface area contributed by atoms with Crippen molar-refractivity contribution < 1.29 is 0 Å². The molecular weight excluding hydrogens is 226 g/mol. The van der Waals surface area contributed by atoms with E-state index in [0.717, 1.165) is 35.6 Å². The largest absolute Gasteiger partial charge is 0.356 e. The standard InChI is InChI=1S/C13H19N5/c1-10-11-12(17(2)16-10)14-9-15-13(11)18-7-5-3-4-6-8-18/h9H,3-8H2,1-2H3. The molecule has 0 spiro atoms. The van der Waals surface area contributed by atoms with E-state index >= 15 is 0 Å². The van der Waals surface area contributed by atoms with Gasteiger partial charge >= 0.3 is 0 Å². The van der Waals surface area contributed by atoms with Gasteiger partial charge < -0.3 is 4.90 Å². The van der Waals surface area contributed by atoms with Gasteiger partial charge in [-0.05, 0) is 19.8 Å². The van der Waals surface area contributed by atoms with Gasteiger partial charge in [-0.25, -0.2) is 9.97 Å². The third-order valence-corrected chi connectivity index (χ3v) is 3.68. The first-order valence-electron chi connectivity index (χ1n) is 6.66. The van der Waals surface area contributed by atoms with E-state index < -0.39 is 0 Å². The van der Waals surface area contributed by atoms with Gasteiger partial charge in [-0.2, -0.15) is 5.10 Å². The molecule has 0 amide bonds. The molecule has 1 fully saturated rings. The molecular formula is C13H19N5. The van der Waals surface area contributed by atoms with E-state index in [2.05, 4.69) is 20.0 Å². The van der Waals surface area contributed by atoms with Gasteiger partial charge in [0.1, 0.15) is 12.1 Å². The van der Waals surface area contributed by atoms with Crippen LogP contribution in [-0.2, 0) is 7.05 Å². The predicted molar refractivity (Wildman–Crippen MR) is 71.7 cm³/mol. The van der Waals surface area contributed by atoms with E-state index in [1.165, 1.54) is 25.7 Å². The average Bonchev–Trinajstić information content (AvgIpc) is 2.61. The lowest BCUT2D eigenvalue weighted by Gasteiger charge is -2.21. The third-order valence-electron chi connectivity index (χ3n) is 3.68. The van der Waals surface area contributed by atoms with Crippen molar-refractivity contribution in [3.8, 4) is 0 Å². The van der Waals surface area contributed by atoms with E-state index in [-0.39, 0.29) is 0 Å². The van der Waals surface area contributed by atoms with Crippen molar-refractivity contribution >= 4 is 16.9 Å². The van der Waals surface area contributed by atoms with Crippen molar-refractivity contribution in [2.45, 2.75) is 32.6 Å². The molecule has 0 unspecified atom stereocenters. The van der Waals surface area contributed by atoms with Gasteiger partial charge in [0, 0.05) is 20.1 Å². The smallest absolute Gasteiger partial charge is 0.163 e. The molecule has 1 aliphatic rings. The normalized spacial score (nSPS) is 17.1. The average molecular weight is 245 g/mol. The molecule has 2 aromatic rings. The highest BCUT2D eigenvalue weighted by Gasteiger charge is 2.18. The van der Waals surface area contributed by atoms with Crippen LogP contribution in [0.3, 0.4) is 0 Å². The zero-order valence-corrected chi connectivity index (χ0v) is 11.1. The van der Waals surface area contributed by atoms with Crippen molar-refractivity contribution in [1.82, 2.24) is 19.7 Å². The minimum Gasteiger partial charge on any atom is -0.356 e. The molecule has 96 valence electrons. The van der Waals surface area contributed by atoms with Gasteiger partial charge in [0.2, 0.25) is 0 Å². The highest BCUT2D eigenvalue weighted by molar-refractivity contribution is 5.89. The zero-order valence-electron chi connectivity index (χ0n) is 11.1. The Morgan fingerprint density at radius 3 is 2.50 bits per heavy atom. The summed E-state index contributed by atoms with van der Waals surface area (Å²) in [4.78, 5) is 11.2. The van der Waals surface area contributed by atoms with E-state index in [4.69, 9.17) is 0 Å². The lowest BCUT2D eigenvalue weighted by molar-refractivity contribution is 0.726. The van der Waals surface area contributed by atoms with Crippen LogP contribution in [0.2, 0.25) is 0 Å². The van der Waals surface area contributed by atoms with Crippen molar-refractivity contribution in [2.75, 3.05) is 18.0 Å². The van der Waals surface area contributed by atoms with Gasteiger partial charge in [0.05, 0.1) is 11.1 Å². The zero-order chi connectivity index (χ0) is 12.5. The first-order valence-corrected chi connectivity index (χ1v) is 6.66. The molecule has 3 heterocycles. The SMILES string of the molecule is Cc1nn(C)c2ncnc(N3CCCCCC3)c12. The Morgan fingerprint density at radius 2 is 1.78 bits per heavy atom. The Kier molecular flexibility index (Phi) is 2.89. The summed E-state index contributed by atoms with van der Waals surface area (Å²) in [6.07, 6.45) is 6.83. The summed E-state index contributed by atoms with van der Waals surface area (Å²) in [7, 11) is 1.94. The van der Waals surface area contributed by atoms with Crippen molar-refractivity contribution in [2.24, 2.45) is 7.05 Å². The number of fused-ring (bicyclic) bond motifs is 1. The number of anilines is 1. The fraction of sp³-hybridized carbons (Fsp3) is 0.615. The molecule has 18 heavy (non-hydrogen) atoms. The monoisotopic (exact) mass is 245 g/mol. The Balaban J connectivity index is 2.10. The second-order valence-electron chi connectivity index (χ2n) is 5.01. The molecule has 0 saturated carbocycles. The Bertz CT molecular complexity index is 552. The number of aryl methyl sites for hydroxylation is 2. The van der Waals surface area contributed by atoms with Crippen molar-refractivity contribution in [1.29, 1.82) is 0 Å². The summed E-state index contributed by atoms with van der Waals surface area (Å²) in [5.41, 5.74) is 1.95. The Morgan fingerprint density at radius 1 is 1.06 bits per heavy atom. The van der Waals surface area contributed by atoms with Crippen LogP contribution in [0.5, 0.6) is 0 Å². The minimum absolute atomic E-state index is 0.932. The molecule has 0 aromatic carbocycles. The van der Waals surface area contributed by atoms with Crippen LogP contribution in [0.25, 0.3) is 11.0 Å². The molecule has 1 aliphatic heterocycles. The molecule has 0 radical (unpaired) electrons. The molecule has 5 heteroatoms. The van der Waals surface area contributed by atoms with Gasteiger partial charge in [-0.15, -0.1) is 0 Å². The molecule has 0 bridgehead atoms. The predicted octanol–water partition coefficient (Wildman–Crippen LogP) is 2.05. The van der Waals surface area contributed by atoms with Gasteiger partial charge in [0.15, 0.2) is 5.65 Å².